The van der Waals surface area contributed by atoms with Crippen LogP contribution in [0.2, 0.25) is 0 Å². The molecule has 0 atom stereocenters. The van der Waals surface area contributed by atoms with Gasteiger partial charge in [-0.3, -0.25) is 4.79 Å². The molecule has 0 saturated carbocycles. The molecule has 1 aromatic rings. The van der Waals surface area contributed by atoms with Crippen LogP contribution in [0.15, 0.2) is 12.1 Å². The summed E-state index contributed by atoms with van der Waals surface area (Å²) in [6.45, 7) is 0. The van der Waals surface area contributed by atoms with Crippen molar-refractivity contribution in [2.24, 2.45) is 0 Å². The topological polar surface area (TPSA) is 50.1 Å². The van der Waals surface area contributed by atoms with E-state index in [9.17, 15) is 9.18 Å². The van der Waals surface area contributed by atoms with E-state index in [0.29, 0.717) is 11.1 Å². The van der Waals surface area contributed by atoms with E-state index in [2.05, 4.69) is 4.74 Å². The Hall–Kier alpha value is -1.60. The average Bonchev–Trinajstić information content (AvgIpc) is 2.29. The van der Waals surface area contributed by atoms with Crippen LogP contribution in [-0.4, -0.2) is 13.1 Å². The molecule has 1 aromatic carbocycles. The number of benzene rings is 1. The normalized spacial score (nSPS) is 9.62. The highest BCUT2D eigenvalue weighted by molar-refractivity contribution is 6.17. The van der Waals surface area contributed by atoms with Gasteiger partial charge in [0.2, 0.25) is 0 Å². The van der Waals surface area contributed by atoms with E-state index in [4.69, 9.17) is 16.9 Å². The SMILES string of the molecule is COC(=O)Cc1cc(F)c(C#N)cc1CCl. The molecular formula is C11H9ClFNO2. The fourth-order valence-corrected chi connectivity index (χ4v) is 1.51. The summed E-state index contributed by atoms with van der Waals surface area (Å²) in [5.74, 6) is -1.02. The summed E-state index contributed by atoms with van der Waals surface area (Å²) in [7, 11) is 1.25. The fraction of sp³-hybridized carbons (Fsp3) is 0.273. The van der Waals surface area contributed by atoms with Crippen LogP contribution in [0.25, 0.3) is 0 Å². The number of carbonyl (C=O) groups excluding carboxylic acids is 1. The maximum absolute atomic E-state index is 13.3. The second kappa shape index (κ2) is 5.47. The van der Waals surface area contributed by atoms with Gasteiger partial charge in [-0.25, -0.2) is 4.39 Å². The van der Waals surface area contributed by atoms with Crippen LogP contribution < -0.4 is 0 Å². The van der Waals surface area contributed by atoms with Crippen LogP contribution in [0.4, 0.5) is 4.39 Å². The molecule has 5 heteroatoms. The van der Waals surface area contributed by atoms with Crippen molar-refractivity contribution in [2.75, 3.05) is 7.11 Å². The van der Waals surface area contributed by atoms with Gasteiger partial charge in [0.15, 0.2) is 0 Å². The van der Waals surface area contributed by atoms with Gasteiger partial charge in [-0.2, -0.15) is 5.26 Å². The van der Waals surface area contributed by atoms with Gasteiger partial charge in [0.25, 0.3) is 0 Å². The number of methoxy groups -OCH3 is 1. The Kier molecular flexibility index (Phi) is 4.27. The maximum Gasteiger partial charge on any atom is 0.309 e. The maximum atomic E-state index is 13.3. The van der Waals surface area contributed by atoms with Crippen molar-refractivity contribution in [1.82, 2.24) is 0 Å². The first-order chi connectivity index (χ1) is 7.62. The van der Waals surface area contributed by atoms with Gasteiger partial charge in [0.05, 0.1) is 19.1 Å². The Balaban J connectivity index is 3.14. The van der Waals surface area contributed by atoms with E-state index in [0.717, 1.165) is 6.07 Å². The molecule has 0 heterocycles. The zero-order valence-electron chi connectivity index (χ0n) is 8.59. The first-order valence-electron chi connectivity index (χ1n) is 4.46. The van der Waals surface area contributed by atoms with Gasteiger partial charge in [-0.1, -0.05) is 0 Å². The van der Waals surface area contributed by atoms with Crippen molar-refractivity contribution in [1.29, 1.82) is 5.26 Å². The summed E-state index contributed by atoms with van der Waals surface area (Å²) in [5.41, 5.74) is 0.924. The minimum atomic E-state index is -0.657. The molecule has 0 N–H and O–H groups in total. The summed E-state index contributed by atoms with van der Waals surface area (Å²) >= 11 is 5.66. The minimum absolute atomic E-state index is 0.0544. The quantitative estimate of drug-likeness (QED) is 0.602. The van der Waals surface area contributed by atoms with Crippen LogP contribution in [0, 0.1) is 17.1 Å². The molecule has 3 nitrogen and oxygen atoms in total. The first-order valence-corrected chi connectivity index (χ1v) is 5.00. The molecule has 1 rings (SSSR count). The van der Waals surface area contributed by atoms with E-state index in [1.807, 2.05) is 0 Å². The number of rotatable bonds is 3. The molecule has 0 aliphatic rings. The zero-order valence-corrected chi connectivity index (χ0v) is 9.34. The molecule has 0 radical (unpaired) electrons. The monoisotopic (exact) mass is 241 g/mol. The van der Waals surface area contributed by atoms with Gasteiger partial charge in [0, 0.05) is 5.88 Å². The lowest BCUT2D eigenvalue weighted by molar-refractivity contribution is -0.139. The van der Waals surface area contributed by atoms with E-state index >= 15 is 0 Å². The lowest BCUT2D eigenvalue weighted by Crippen LogP contribution is -2.07. The number of halogens is 2. The molecule has 84 valence electrons. The largest absolute Gasteiger partial charge is 0.469 e. The number of alkyl halides is 1. The van der Waals surface area contributed by atoms with Gasteiger partial charge < -0.3 is 4.74 Å². The highest BCUT2D eigenvalue weighted by atomic mass is 35.5. The number of hydrogen-bond donors (Lipinski definition) is 0. The third-order valence-electron chi connectivity index (χ3n) is 2.12. The Morgan fingerprint density at radius 1 is 1.56 bits per heavy atom. The second-order valence-corrected chi connectivity index (χ2v) is 3.37. The van der Waals surface area contributed by atoms with Crippen molar-refractivity contribution in [3.63, 3.8) is 0 Å². The van der Waals surface area contributed by atoms with Crippen LogP contribution in [0.1, 0.15) is 16.7 Å². The van der Waals surface area contributed by atoms with Crippen LogP contribution >= 0.6 is 11.6 Å². The summed E-state index contributed by atoms with van der Waals surface area (Å²) < 4.78 is 17.8. The zero-order chi connectivity index (χ0) is 12.1. The standard InChI is InChI=1S/C11H9ClFNO2/c1-16-11(15)4-7-3-10(13)9(6-14)2-8(7)5-12/h2-3H,4-5H2,1H3. The molecule has 0 saturated heterocycles. The number of ether oxygens (including phenoxy) is 1. The number of carbonyl (C=O) groups is 1. The average molecular weight is 242 g/mol. The van der Waals surface area contributed by atoms with Crippen molar-refractivity contribution in [3.05, 3.63) is 34.6 Å². The van der Waals surface area contributed by atoms with E-state index in [1.54, 1.807) is 6.07 Å². The highest BCUT2D eigenvalue weighted by Crippen LogP contribution is 2.18. The van der Waals surface area contributed by atoms with E-state index in [-0.39, 0.29) is 17.9 Å². The fourth-order valence-electron chi connectivity index (χ4n) is 1.26. The molecule has 0 fully saturated rings. The minimum Gasteiger partial charge on any atom is -0.469 e. The lowest BCUT2D eigenvalue weighted by atomic mass is 10.0. The Bertz CT molecular complexity index is 454. The second-order valence-electron chi connectivity index (χ2n) is 3.10. The predicted octanol–water partition coefficient (Wildman–Crippen LogP) is 2.15. The summed E-state index contributed by atoms with van der Waals surface area (Å²) in [6.07, 6.45) is -0.0544. The lowest BCUT2D eigenvalue weighted by Gasteiger charge is -2.07. The van der Waals surface area contributed by atoms with Crippen molar-refractivity contribution in [3.8, 4) is 6.07 Å². The number of hydrogen-bond acceptors (Lipinski definition) is 3. The molecule has 0 spiro atoms. The summed E-state index contributed by atoms with van der Waals surface area (Å²) in [6, 6.07) is 4.21. The number of esters is 1. The first kappa shape index (κ1) is 12.5. The molecular weight excluding hydrogens is 233 g/mol. The summed E-state index contributed by atoms with van der Waals surface area (Å²) in [4.78, 5) is 11.1. The van der Waals surface area contributed by atoms with Crippen molar-refractivity contribution in [2.45, 2.75) is 12.3 Å². The molecule has 0 unspecified atom stereocenters. The van der Waals surface area contributed by atoms with Crippen molar-refractivity contribution >= 4 is 17.6 Å². The van der Waals surface area contributed by atoms with Crippen LogP contribution in [-0.2, 0) is 21.8 Å². The number of nitrogens with zero attached hydrogens (tertiary/aromatic N) is 1. The smallest absolute Gasteiger partial charge is 0.309 e. The third kappa shape index (κ3) is 2.71. The molecule has 0 aliphatic carbocycles. The number of nitriles is 1. The molecule has 0 aliphatic heterocycles. The molecule has 0 aromatic heterocycles. The molecule has 16 heavy (non-hydrogen) atoms. The summed E-state index contributed by atoms with van der Waals surface area (Å²) in [5, 5.41) is 8.63. The van der Waals surface area contributed by atoms with Gasteiger partial charge >= 0.3 is 5.97 Å². The van der Waals surface area contributed by atoms with Crippen LogP contribution in [0.5, 0.6) is 0 Å². The van der Waals surface area contributed by atoms with Crippen molar-refractivity contribution < 1.29 is 13.9 Å². The van der Waals surface area contributed by atoms with E-state index < -0.39 is 11.8 Å². The predicted molar refractivity (Wildman–Crippen MR) is 56.4 cm³/mol. The van der Waals surface area contributed by atoms with Gasteiger partial charge in [-0.05, 0) is 23.3 Å². The Morgan fingerprint density at radius 3 is 2.75 bits per heavy atom. The third-order valence-corrected chi connectivity index (χ3v) is 2.40. The Morgan fingerprint density at radius 2 is 2.25 bits per heavy atom. The molecule has 0 amide bonds. The molecule has 0 bridgehead atoms. The van der Waals surface area contributed by atoms with Gasteiger partial charge in [-0.15, -0.1) is 11.6 Å². The Labute approximate surface area is 97.4 Å². The highest BCUT2D eigenvalue weighted by Gasteiger charge is 2.12. The van der Waals surface area contributed by atoms with E-state index in [1.165, 1.54) is 13.2 Å². The van der Waals surface area contributed by atoms with Crippen LogP contribution in [0.3, 0.4) is 0 Å². The van der Waals surface area contributed by atoms with Gasteiger partial charge in [0.1, 0.15) is 11.9 Å².